The van der Waals surface area contributed by atoms with Crippen LogP contribution in [0.25, 0.3) is 11.0 Å². The van der Waals surface area contributed by atoms with E-state index in [1.54, 1.807) is 0 Å². The number of carbonyl (C=O) groups is 1. The fourth-order valence-corrected chi connectivity index (χ4v) is 2.87. The van der Waals surface area contributed by atoms with Crippen molar-refractivity contribution >= 4 is 22.8 Å². The molecule has 2 aromatic heterocycles. The van der Waals surface area contributed by atoms with E-state index in [-0.39, 0.29) is 28.0 Å². The van der Waals surface area contributed by atoms with E-state index < -0.39 is 35.4 Å². The summed E-state index contributed by atoms with van der Waals surface area (Å²) in [4.78, 5) is 23.5. The van der Waals surface area contributed by atoms with Gasteiger partial charge >= 0.3 is 12.4 Å². The fourth-order valence-electron chi connectivity index (χ4n) is 2.87. The van der Waals surface area contributed by atoms with Crippen LogP contribution in [0, 0.1) is 0 Å². The Hall–Kier alpha value is -3.44. The maximum absolute atomic E-state index is 13.2. The van der Waals surface area contributed by atoms with Crippen LogP contribution in [0.2, 0.25) is 0 Å². The zero-order valence-corrected chi connectivity index (χ0v) is 15.1. The Kier molecular flexibility index (Phi) is 5.27. The molecule has 3 aromatic rings. The zero-order valence-electron chi connectivity index (χ0n) is 15.1. The molecule has 0 radical (unpaired) electrons. The number of nitrogens with zero attached hydrogens (tertiary/aromatic N) is 3. The number of primary amides is 1. The minimum absolute atomic E-state index is 0.0619. The molecule has 0 spiro atoms. The van der Waals surface area contributed by atoms with Crippen molar-refractivity contribution in [1.29, 1.82) is 0 Å². The maximum Gasteiger partial charge on any atom is 0.417 e. The highest BCUT2D eigenvalue weighted by Crippen LogP contribution is 2.41. The number of nitrogens with two attached hydrogens (primary N) is 1. The average Bonchev–Trinajstić information content (AvgIpc) is 2.65. The van der Waals surface area contributed by atoms with Gasteiger partial charge in [-0.2, -0.15) is 26.3 Å². The number of pyridine rings is 1. The first-order valence-electron chi connectivity index (χ1n) is 8.34. The highest BCUT2D eigenvalue weighted by atomic mass is 19.4. The lowest BCUT2D eigenvalue weighted by molar-refractivity contribution is -0.162. The zero-order chi connectivity index (χ0) is 22.3. The quantitative estimate of drug-likeness (QED) is 0.602. The van der Waals surface area contributed by atoms with Crippen molar-refractivity contribution in [3.05, 3.63) is 59.0 Å². The normalized spacial score (nSPS) is 13.3. The number of rotatable bonds is 4. The largest absolute Gasteiger partial charge is 0.417 e. The van der Waals surface area contributed by atoms with E-state index in [4.69, 9.17) is 5.73 Å². The Labute approximate surface area is 165 Å². The van der Waals surface area contributed by atoms with Crippen molar-refractivity contribution in [2.24, 2.45) is 5.73 Å². The van der Waals surface area contributed by atoms with Crippen LogP contribution in [0.5, 0.6) is 0 Å². The monoisotopic (exact) mass is 429 g/mol. The van der Waals surface area contributed by atoms with Gasteiger partial charge in [-0.15, -0.1) is 0 Å². The number of benzene rings is 1. The van der Waals surface area contributed by atoms with Crippen LogP contribution < -0.4 is 11.1 Å². The molecule has 0 unspecified atom stereocenters. The van der Waals surface area contributed by atoms with Gasteiger partial charge in [-0.25, -0.2) is 9.97 Å². The second kappa shape index (κ2) is 7.43. The number of hydrogen-bond donors (Lipinski definition) is 2. The molecule has 0 saturated carbocycles. The van der Waals surface area contributed by atoms with Crippen molar-refractivity contribution in [1.82, 2.24) is 15.0 Å². The average molecular weight is 429 g/mol. The molecule has 6 nitrogen and oxygen atoms in total. The van der Waals surface area contributed by atoms with Gasteiger partial charge in [-0.05, 0) is 30.7 Å². The van der Waals surface area contributed by atoms with Crippen LogP contribution in [0.1, 0.15) is 40.0 Å². The minimum atomic E-state index is -5.19. The van der Waals surface area contributed by atoms with Crippen molar-refractivity contribution in [2.45, 2.75) is 25.3 Å². The SMILES string of the molecule is C[C@H](Nc1ncnc2c(C(N)=O)ccnc12)c1ccc(C(F)(F)F)c(C(F)(F)F)c1. The number of carbonyl (C=O) groups excluding carboxylic acids is 1. The molecule has 30 heavy (non-hydrogen) atoms. The molecule has 1 amide bonds. The summed E-state index contributed by atoms with van der Waals surface area (Å²) < 4.78 is 78.4. The molecule has 1 aromatic carbocycles. The van der Waals surface area contributed by atoms with Gasteiger partial charge in [0.15, 0.2) is 5.82 Å². The fraction of sp³-hybridized carbons (Fsp3) is 0.222. The van der Waals surface area contributed by atoms with Crippen molar-refractivity contribution in [2.75, 3.05) is 5.32 Å². The van der Waals surface area contributed by atoms with Crippen molar-refractivity contribution in [3.8, 4) is 0 Å². The van der Waals surface area contributed by atoms with Crippen molar-refractivity contribution < 1.29 is 31.1 Å². The molecule has 0 aliphatic rings. The molecule has 3 N–H and O–H groups in total. The Bertz CT molecular complexity index is 1110. The van der Waals surface area contributed by atoms with Gasteiger partial charge < -0.3 is 11.1 Å². The van der Waals surface area contributed by atoms with Gasteiger partial charge in [0, 0.05) is 6.20 Å². The third kappa shape index (κ3) is 4.11. The summed E-state index contributed by atoms with van der Waals surface area (Å²) in [6.07, 6.45) is -7.97. The molecule has 0 aliphatic heterocycles. The molecule has 0 aliphatic carbocycles. The second-order valence-corrected chi connectivity index (χ2v) is 6.31. The maximum atomic E-state index is 13.2. The van der Waals surface area contributed by atoms with E-state index in [1.807, 2.05) is 0 Å². The van der Waals surface area contributed by atoms with Gasteiger partial charge in [0.2, 0.25) is 0 Å². The Morgan fingerprint density at radius 3 is 2.23 bits per heavy atom. The number of amides is 1. The summed E-state index contributed by atoms with van der Waals surface area (Å²) in [5.41, 5.74) is 1.97. The van der Waals surface area contributed by atoms with Crippen LogP contribution in [0.15, 0.2) is 36.8 Å². The molecule has 0 bridgehead atoms. The predicted octanol–water partition coefficient (Wildman–Crippen LogP) is 4.33. The van der Waals surface area contributed by atoms with Crippen LogP contribution in [0.4, 0.5) is 32.2 Å². The molecule has 0 saturated heterocycles. The third-order valence-corrected chi connectivity index (χ3v) is 4.30. The first kappa shape index (κ1) is 21.3. The molecule has 3 rings (SSSR count). The van der Waals surface area contributed by atoms with E-state index in [2.05, 4.69) is 20.3 Å². The van der Waals surface area contributed by atoms with Crippen LogP contribution >= 0.6 is 0 Å². The summed E-state index contributed by atoms with van der Waals surface area (Å²) in [5, 5.41) is 2.79. The number of aromatic nitrogens is 3. The summed E-state index contributed by atoms with van der Waals surface area (Å²) >= 11 is 0. The van der Waals surface area contributed by atoms with Gasteiger partial charge in [0.25, 0.3) is 5.91 Å². The third-order valence-electron chi connectivity index (χ3n) is 4.30. The number of nitrogens with one attached hydrogen (secondary N) is 1. The van der Waals surface area contributed by atoms with E-state index in [0.717, 1.165) is 12.4 Å². The van der Waals surface area contributed by atoms with Crippen LogP contribution in [-0.2, 0) is 12.4 Å². The number of anilines is 1. The lowest BCUT2D eigenvalue weighted by Crippen LogP contribution is -2.18. The predicted molar refractivity (Wildman–Crippen MR) is 94.3 cm³/mol. The Morgan fingerprint density at radius 2 is 1.63 bits per heavy atom. The summed E-state index contributed by atoms with van der Waals surface area (Å²) in [6.45, 7) is 1.44. The van der Waals surface area contributed by atoms with Gasteiger partial charge in [0.05, 0.1) is 22.7 Å². The first-order valence-corrected chi connectivity index (χ1v) is 8.34. The molecular formula is C18H13F6N5O. The molecule has 12 heteroatoms. The molecule has 0 fully saturated rings. The smallest absolute Gasteiger partial charge is 0.366 e. The van der Waals surface area contributed by atoms with Crippen LogP contribution in [-0.4, -0.2) is 20.9 Å². The highest BCUT2D eigenvalue weighted by Gasteiger charge is 2.43. The summed E-state index contributed by atoms with van der Waals surface area (Å²) in [7, 11) is 0. The highest BCUT2D eigenvalue weighted by molar-refractivity contribution is 6.05. The lowest BCUT2D eigenvalue weighted by Gasteiger charge is -2.20. The van der Waals surface area contributed by atoms with Gasteiger partial charge in [-0.1, -0.05) is 6.07 Å². The Morgan fingerprint density at radius 1 is 0.967 bits per heavy atom. The first-order chi connectivity index (χ1) is 13.9. The molecule has 158 valence electrons. The topological polar surface area (TPSA) is 93.8 Å². The number of alkyl halides is 6. The van der Waals surface area contributed by atoms with E-state index in [0.29, 0.717) is 12.1 Å². The lowest BCUT2D eigenvalue weighted by atomic mass is 9.99. The molecule has 1 atom stereocenters. The summed E-state index contributed by atoms with van der Waals surface area (Å²) in [6, 6.07) is 2.23. The van der Waals surface area contributed by atoms with Crippen molar-refractivity contribution in [3.63, 3.8) is 0 Å². The number of halogens is 6. The number of hydrogen-bond acceptors (Lipinski definition) is 5. The minimum Gasteiger partial charge on any atom is -0.366 e. The molecule has 2 heterocycles. The standard InChI is InChI=1S/C18H13F6N5O/c1-8(9-2-3-11(17(19,20)21)12(6-9)18(22,23)24)29-16-14-13(27-7-28-16)10(15(25)30)4-5-26-14/h2-8H,1H3,(H2,25,30)(H,27,28,29)/t8-/m0/s1. The van der Waals surface area contributed by atoms with E-state index in [1.165, 1.54) is 19.2 Å². The van der Waals surface area contributed by atoms with Gasteiger partial charge in [-0.3, -0.25) is 9.78 Å². The second-order valence-electron chi connectivity index (χ2n) is 6.31. The number of fused-ring (bicyclic) bond motifs is 1. The van der Waals surface area contributed by atoms with E-state index in [9.17, 15) is 31.1 Å². The van der Waals surface area contributed by atoms with Gasteiger partial charge in [0.1, 0.15) is 17.4 Å². The molecular weight excluding hydrogens is 416 g/mol. The Balaban J connectivity index is 2.02. The van der Waals surface area contributed by atoms with E-state index >= 15 is 0 Å². The van der Waals surface area contributed by atoms with Crippen LogP contribution in [0.3, 0.4) is 0 Å². The summed E-state index contributed by atoms with van der Waals surface area (Å²) in [5.74, 6) is -0.693.